The second-order valence-corrected chi connectivity index (χ2v) is 3.66. The molecule has 12 heavy (non-hydrogen) atoms. The number of ketones is 1. The van der Waals surface area contributed by atoms with Gasteiger partial charge in [-0.1, -0.05) is 19.8 Å². The van der Waals surface area contributed by atoms with Crippen molar-refractivity contribution in [3.8, 4) is 0 Å². The molecule has 1 rings (SSSR count). The van der Waals surface area contributed by atoms with Crippen LogP contribution >= 0.6 is 0 Å². The van der Waals surface area contributed by atoms with Crippen LogP contribution in [0.25, 0.3) is 0 Å². The Bertz CT molecular complexity index is 204. The Morgan fingerprint density at radius 1 is 1.67 bits per heavy atom. The van der Waals surface area contributed by atoms with Gasteiger partial charge in [0, 0.05) is 0 Å². The summed E-state index contributed by atoms with van der Waals surface area (Å²) in [5, 5.41) is 9.74. The van der Waals surface area contributed by atoms with Crippen molar-refractivity contribution in [1.82, 2.24) is 0 Å². The van der Waals surface area contributed by atoms with Crippen LogP contribution in [0.2, 0.25) is 0 Å². The topological polar surface area (TPSA) is 37.3 Å². The van der Waals surface area contributed by atoms with E-state index in [-0.39, 0.29) is 11.7 Å². The molecule has 1 N–H and O–H groups in total. The Morgan fingerprint density at radius 3 is 2.75 bits per heavy atom. The van der Waals surface area contributed by atoms with E-state index in [4.69, 9.17) is 0 Å². The van der Waals surface area contributed by atoms with Crippen molar-refractivity contribution in [1.29, 1.82) is 0 Å². The summed E-state index contributed by atoms with van der Waals surface area (Å²) in [5.74, 6) is -0.120. The number of allylic oxidation sites excluding steroid dienone is 1. The van der Waals surface area contributed by atoms with E-state index in [2.05, 4.69) is 6.92 Å². The fourth-order valence-electron chi connectivity index (χ4n) is 1.61. The van der Waals surface area contributed by atoms with E-state index in [1.165, 1.54) is 6.08 Å². The molecule has 0 saturated heterocycles. The van der Waals surface area contributed by atoms with Crippen LogP contribution in [0, 0.1) is 5.92 Å². The molecule has 0 spiro atoms. The van der Waals surface area contributed by atoms with Crippen LogP contribution in [-0.2, 0) is 4.79 Å². The first-order valence-electron chi connectivity index (χ1n) is 4.53. The van der Waals surface area contributed by atoms with Gasteiger partial charge in [0.1, 0.15) is 0 Å². The van der Waals surface area contributed by atoms with Gasteiger partial charge >= 0.3 is 0 Å². The highest BCUT2D eigenvalue weighted by Crippen LogP contribution is 2.30. The van der Waals surface area contributed by atoms with Gasteiger partial charge in [0.25, 0.3) is 0 Å². The molecule has 2 heteroatoms. The van der Waals surface area contributed by atoms with E-state index >= 15 is 0 Å². The molecule has 0 saturated carbocycles. The second-order valence-electron chi connectivity index (χ2n) is 3.66. The van der Waals surface area contributed by atoms with Crippen molar-refractivity contribution in [2.75, 3.05) is 0 Å². The molecule has 2 nitrogen and oxygen atoms in total. The Hall–Kier alpha value is -0.630. The number of hydrogen-bond donors (Lipinski definition) is 1. The van der Waals surface area contributed by atoms with Gasteiger partial charge in [0.2, 0.25) is 0 Å². The molecule has 0 bridgehead atoms. The van der Waals surface area contributed by atoms with Crippen LogP contribution in [0.3, 0.4) is 0 Å². The predicted octanol–water partition coefficient (Wildman–Crippen LogP) is 1.68. The Kier molecular flexibility index (Phi) is 2.68. The normalized spacial score (nSPS) is 34.6. The fraction of sp³-hybridized carbons (Fsp3) is 0.700. The maximum Gasteiger partial charge on any atom is 0.161 e. The number of carbonyl (C=O) groups is 1. The summed E-state index contributed by atoms with van der Waals surface area (Å²) in [6.45, 7) is 3.79. The third-order valence-electron chi connectivity index (χ3n) is 2.48. The van der Waals surface area contributed by atoms with E-state index in [0.29, 0.717) is 0 Å². The zero-order valence-corrected chi connectivity index (χ0v) is 7.71. The Balaban J connectivity index is 2.57. The summed E-state index contributed by atoms with van der Waals surface area (Å²) in [7, 11) is 0. The standard InChI is InChI=1S/C10H16O2/c1-3-4-5-8-9(11)6-7-10(8,2)12/h6-8,12H,3-5H2,1-2H3. The lowest BCUT2D eigenvalue weighted by molar-refractivity contribution is -0.122. The Morgan fingerprint density at radius 2 is 2.33 bits per heavy atom. The molecule has 2 unspecified atom stereocenters. The van der Waals surface area contributed by atoms with Gasteiger partial charge < -0.3 is 5.11 Å². The lowest BCUT2D eigenvalue weighted by Gasteiger charge is -2.23. The van der Waals surface area contributed by atoms with Crippen LogP contribution < -0.4 is 0 Å². The number of carbonyl (C=O) groups excluding carboxylic acids is 1. The zero-order valence-electron chi connectivity index (χ0n) is 7.71. The average Bonchev–Trinajstić information content (AvgIpc) is 2.24. The summed E-state index contributed by atoms with van der Waals surface area (Å²) in [4.78, 5) is 11.2. The van der Waals surface area contributed by atoms with Crippen molar-refractivity contribution in [2.24, 2.45) is 5.92 Å². The largest absolute Gasteiger partial charge is 0.385 e. The first kappa shape index (κ1) is 9.46. The van der Waals surface area contributed by atoms with Crippen LogP contribution in [-0.4, -0.2) is 16.5 Å². The first-order valence-corrected chi connectivity index (χ1v) is 4.53. The van der Waals surface area contributed by atoms with Crippen LogP contribution in [0.1, 0.15) is 33.1 Å². The van der Waals surface area contributed by atoms with Crippen LogP contribution in [0.15, 0.2) is 12.2 Å². The molecule has 0 fully saturated rings. The van der Waals surface area contributed by atoms with Gasteiger partial charge in [-0.3, -0.25) is 4.79 Å². The highest BCUT2D eigenvalue weighted by molar-refractivity contribution is 5.95. The van der Waals surface area contributed by atoms with Crippen molar-refractivity contribution in [3.05, 3.63) is 12.2 Å². The van der Waals surface area contributed by atoms with E-state index in [9.17, 15) is 9.90 Å². The number of unbranched alkanes of at least 4 members (excludes halogenated alkanes) is 1. The van der Waals surface area contributed by atoms with Crippen molar-refractivity contribution in [2.45, 2.75) is 38.7 Å². The quantitative estimate of drug-likeness (QED) is 0.696. The molecule has 0 aliphatic heterocycles. The third kappa shape index (κ3) is 1.75. The summed E-state index contributed by atoms with van der Waals surface area (Å²) < 4.78 is 0. The Labute approximate surface area is 73.3 Å². The van der Waals surface area contributed by atoms with Gasteiger partial charge in [0.15, 0.2) is 5.78 Å². The molecule has 1 aliphatic rings. The van der Waals surface area contributed by atoms with E-state index < -0.39 is 5.60 Å². The number of rotatable bonds is 3. The van der Waals surface area contributed by atoms with Gasteiger partial charge in [0.05, 0.1) is 11.5 Å². The molecule has 0 amide bonds. The molecule has 0 radical (unpaired) electrons. The molecule has 1 aliphatic carbocycles. The number of hydrogen-bond acceptors (Lipinski definition) is 2. The SMILES string of the molecule is CCCCC1C(=O)C=CC1(C)O. The smallest absolute Gasteiger partial charge is 0.161 e. The molecule has 0 aromatic rings. The molecule has 0 aromatic heterocycles. The monoisotopic (exact) mass is 168 g/mol. The summed E-state index contributed by atoms with van der Waals surface area (Å²) in [6, 6.07) is 0. The zero-order chi connectivity index (χ0) is 9.19. The van der Waals surface area contributed by atoms with Crippen molar-refractivity contribution >= 4 is 5.78 Å². The summed E-state index contributed by atoms with van der Waals surface area (Å²) in [6.07, 6.45) is 5.99. The number of aliphatic hydroxyl groups is 1. The maximum atomic E-state index is 11.2. The molecule has 68 valence electrons. The van der Waals surface area contributed by atoms with E-state index in [1.807, 2.05) is 0 Å². The second kappa shape index (κ2) is 3.40. The summed E-state index contributed by atoms with van der Waals surface area (Å²) >= 11 is 0. The van der Waals surface area contributed by atoms with Crippen molar-refractivity contribution in [3.63, 3.8) is 0 Å². The minimum absolute atomic E-state index is 0.0773. The lowest BCUT2D eigenvalue weighted by atomic mass is 9.87. The highest BCUT2D eigenvalue weighted by Gasteiger charge is 2.37. The maximum absolute atomic E-state index is 11.2. The van der Waals surface area contributed by atoms with Crippen molar-refractivity contribution < 1.29 is 9.90 Å². The highest BCUT2D eigenvalue weighted by atomic mass is 16.3. The fourth-order valence-corrected chi connectivity index (χ4v) is 1.61. The van der Waals surface area contributed by atoms with Gasteiger partial charge in [-0.25, -0.2) is 0 Å². The van der Waals surface area contributed by atoms with Gasteiger partial charge in [-0.15, -0.1) is 0 Å². The van der Waals surface area contributed by atoms with Crippen LogP contribution in [0.5, 0.6) is 0 Å². The van der Waals surface area contributed by atoms with Gasteiger partial charge in [-0.05, 0) is 25.5 Å². The molecular weight excluding hydrogens is 152 g/mol. The molecule has 0 aromatic carbocycles. The third-order valence-corrected chi connectivity index (χ3v) is 2.48. The lowest BCUT2D eigenvalue weighted by Crippen LogP contribution is -2.32. The van der Waals surface area contributed by atoms with Crippen LogP contribution in [0.4, 0.5) is 0 Å². The first-order chi connectivity index (χ1) is 5.58. The van der Waals surface area contributed by atoms with E-state index in [1.54, 1.807) is 13.0 Å². The molecule has 2 atom stereocenters. The minimum atomic E-state index is -0.897. The summed E-state index contributed by atoms with van der Waals surface area (Å²) in [5.41, 5.74) is -0.897. The predicted molar refractivity (Wildman–Crippen MR) is 47.8 cm³/mol. The molecule has 0 heterocycles. The van der Waals surface area contributed by atoms with Gasteiger partial charge in [-0.2, -0.15) is 0 Å². The minimum Gasteiger partial charge on any atom is -0.385 e. The molecular formula is C10H16O2. The van der Waals surface area contributed by atoms with E-state index in [0.717, 1.165) is 19.3 Å². The average molecular weight is 168 g/mol.